The number of benzene rings is 1. The van der Waals surface area contributed by atoms with Gasteiger partial charge in [-0.3, -0.25) is 9.59 Å². The van der Waals surface area contributed by atoms with Crippen LogP contribution in [0.2, 0.25) is 0 Å². The Hall–Kier alpha value is -2.34. The van der Waals surface area contributed by atoms with Crippen LogP contribution in [-0.2, 0) is 33.2 Å². The second kappa shape index (κ2) is 11.9. The molecule has 224 valence electrons. The molecule has 1 aromatic carbocycles. The second-order valence-corrected chi connectivity index (χ2v) is 11.4. The number of alkyl halides is 6. The van der Waals surface area contributed by atoms with E-state index in [4.69, 9.17) is 4.74 Å². The number of nitrogens with one attached hydrogen (secondary N) is 1. The van der Waals surface area contributed by atoms with Crippen molar-refractivity contribution in [2.45, 2.75) is 82.9 Å². The minimum Gasteiger partial charge on any atom is -0.381 e. The number of ether oxygens (including phenoxy) is 1. The average Bonchev–Trinajstić information content (AvgIpc) is 3.37. The number of piperidine rings is 1. The summed E-state index contributed by atoms with van der Waals surface area (Å²) in [4.78, 5) is 29.8. The molecule has 1 aliphatic carbocycles. The topological polar surface area (TPSA) is 61.9 Å². The molecule has 2 atom stereocenters. The maximum atomic E-state index is 13.9. The molecule has 0 radical (unpaired) electrons. The lowest BCUT2D eigenvalue weighted by Crippen LogP contribution is -2.50. The highest BCUT2D eigenvalue weighted by Crippen LogP contribution is 2.50. The Morgan fingerprint density at radius 2 is 1.52 bits per heavy atom. The first-order chi connectivity index (χ1) is 18.7. The highest BCUT2D eigenvalue weighted by atomic mass is 19.4. The number of halogens is 6. The van der Waals surface area contributed by atoms with Crippen molar-refractivity contribution >= 4 is 11.8 Å². The molecular formula is C28H37F6N3O3. The molecule has 1 N–H and O–H groups in total. The average molecular weight is 578 g/mol. The lowest BCUT2D eigenvalue weighted by Gasteiger charge is -2.42. The van der Waals surface area contributed by atoms with Crippen LogP contribution in [0.15, 0.2) is 18.2 Å². The number of amides is 2. The van der Waals surface area contributed by atoms with Crippen LogP contribution in [0.1, 0.15) is 68.6 Å². The van der Waals surface area contributed by atoms with E-state index in [-0.39, 0.29) is 35.4 Å². The van der Waals surface area contributed by atoms with Gasteiger partial charge in [0, 0.05) is 51.9 Å². The molecule has 1 saturated carbocycles. The normalized spacial score (nSPS) is 25.4. The van der Waals surface area contributed by atoms with Gasteiger partial charge in [-0.2, -0.15) is 26.3 Å². The molecule has 6 nitrogen and oxygen atoms in total. The Morgan fingerprint density at radius 1 is 0.950 bits per heavy atom. The summed E-state index contributed by atoms with van der Waals surface area (Å²) in [5.41, 5.74) is -3.89. The summed E-state index contributed by atoms with van der Waals surface area (Å²) in [6.07, 6.45) is -5.04. The lowest BCUT2D eigenvalue weighted by atomic mass is 9.68. The number of nitrogens with zero attached hydrogens (tertiary/aromatic N) is 2. The van der Waals surface area contributed by atoms with Gasteiger partial charge in [0.25, 0.3) is 0 Å². The molecule has 0 bridgehead atoms. The van der Waals surface area contributed by atoms with Crippen LogP contribution in [0.5, 0.6) is 0 Å². The Morgan fingerprint density at radius 3 is 2.05 bits per heavy atom. The van der Waals surface area contributed by atoms with Gasteiger partial charge in [-0.25, -0.2) is 0 Å². The van der Waals surface area contributed by atoms with E-state index in [1.165, 1.54) is 6.92 Å². The molecule has 2 saturated heterocycles. The summed E-state index contributed by atoms with van der Waals surface area (Å²) in [5, 5.41) is 2.72. The van der Waals surface area contributed by atoms with Crippen molar-refractivity contribution in [3.05, 3.63) is 34.9 Å². The van der Waals surface area contributed by atoms with Gasteiger partial charge in [-0.15, -0.1) is 0 Å². The Balaban J connectivity index is 1.55. The molecular weight excluding hydrogens is 540 g/mol. The van der Waals surface area contributed by atoms with Crippen molar-refractivity contribution < 1.29 is 40.7 Å². The fourth-order valence-electron chi connectivity index (χ4n) is 6.78. The second-order valence-electron chi connectivity index (χ2n) is 11.4. The number of rotatable bonds is 6. The van der Waals surface area contributed by atoms with Gasteiger partial charge in [0.15, 0.2) is 0 Å². The van der Waals surface area contributed by atoms with Crippen LogP contribution < -0.4 is 5.32 Å². The van der Waals surface area contributed by atoms with Crippen LogP contribution in [0.4, 0.5) is 26.3 Å². The smallest absolute Gasteiger partial charge is 0.381 e. The molecule has 4 rings (SSSR count). The zero-order valence-corrected chi connectivity index (χ0v) is 22.8. The van der Waals surface area contributed by atoms with Crippen molar-refractivity contribution in [2.24, 2.45) is 11.3 Å². The van der Waals surface area contributed by atoms with Crippen LogP contribution >= 0.6 is 0 Å². The van der Waals surface area contributed by atoms with Crippen molar-refractivity contribution in [3.63, 3.8) is 0 Å². The van der Waals surface area contributed by atoms with E-state index in [9.17, 15) is 35.9 Å². The van der Waals surface area contributed by atoms with Gasteiger partial charge in [-0.05, 0) is 81.7 Å². The van der Waals surface area contributed by atoms with Gasteiger partial charge in [0.2, 0.25) is 11.8 Å². The fourth-order valence-corrected chi connectivity index (χ4v) is 6.78. The lowest BCUT2D eigenvalue weighted by molar-refractivity contribution is -0.143. The van der Waals surface area contributed by atoms with Crippen LogP contribution in [0.3, 0.4) is 0 Å². The third-order valence-electron chi connectivity index (χ3n) is 9.14. The first-order valence-electron chi connectivity index (χ1n) is 13.8. The van der Waals surface area contributed by atoms with Gasteiger partial charge in [-0.1, -0.05) is 0 Å². The third-order valence-corrected chi connectivity index (χ3v) is 9.14. The predicted molar refractivity (Wildman–Crippen MR) is 135 cm³/mol. The van der Waals surface area contributed by atoms with Crippen LogP contribution in [-0.4, -0.2) is 67.0 Å². The molecule has 3 fully saturated rings. The van der Waals surface area contributed by atoms with E-state index in [0.717, 1.165) is 19.3 Å². The number of hydrogen-bond acceptors (Lipinski definition) is 4. The van der Waals surface area contributed by atoms with E-state index in [0.29, 0.717) is 70.2 Å². The Kier molecular flexibility index (Phi) is 9.09. The van der Waals surface area contributed by atoms with E-state index in [1.807, 2.05) is 7.05 Å². The summed E-state index contributed by atoms with van der Waals surface area (Å²) >= 11 is 0. The summed E-state index contributed by atoms with van der Waals surface area (Å²) in [6.45, 7) is 3.43. The van der Waals surface area contributed by atoms with Crippen molar-refractivity contribution in [1.29, 1.82) is 0 Å². The Labute approximate surface area is 230 Å². The van der Waals surface area contributed by atoms with E-state index in [2.05, 4.69) is 10.2 Å². The molecule has 40 heavy (non-hydrogen) atoms. The monoisotopic (exact) mass is 577 g/mol. The summed E-state index contributed by atoms with van der Waals surface area (Å²) in [5.74, 6) is -0.434. The number of hydrogen-bond donors (Lipinski definition) is 1. The SMILES string of the molecule is CC(=O)N1CCC(C2(C(=O)NCc3cc(C(F)(F)F)cc(C(F)(F)F)c3)CCC(N(C)C3CCOCC3)C2)CC1. The number of likely N-dealkylation sites (tertiary alicyclic amines) is 1. The van der Waals surface area contributed by atoms with Crippen molar-refractivity contribution in [3.8, 4) is 0 Å². The van der Waals surface area contributed by atoms with E-state index >= 15 is 0 Å². The molecule has 2 amide bonds. The summed E-state index contributed by atoms with van der Waals surface area (Å²) < 4.78 is 85.6. The van der Waals surface area contributed by atoms with E-state index < -0.39 is 35.4 Å². The van der Waals surface area contributed by atoms with E-state index in [1.54, 1.807) is 4.90 Å². The largest absolute Gasteiger partial charge is 0.416 e. The molecule has 0 aromatic heterocycles. The zero-order chi connectivity index (χ0) is 29.3. The molecule has 1 aromatic rings. The van der Waals surface area contributed by atoms with Gasteiger partial charge in [0.05, 0.1) is 16.5 Å². The summed E-state index contributed by atoms with van der Waals surface area (Å²) in [7, 11) is 2.05. The highest BCUT2D eigenvalue weighted by molar-refractivity contribution is 5.83. The molecule has 12 heteroatoms. The van der Waals surface area contributed by atoms with Crippen molar-refractivity contribution in [2.75, 3.05) is 33.4 Å². The van der Waals surface area contributed by atoms with Gasteiger partial charge >= 0.3 is 12.4 Å². The molecule has 2 heterocycles. The molecule has 2 unspecified atom stereocenters. The molecule has 3 aliphatic rings. The quantitative estimate of drug-likeness (QED) is 0.470. The maximum absolute atomic E-state index is 13.9. The first kappa shape index (κ1) is 30.6. The number of carbonyl (C=O) groups is 2. The van der Waals surface area contributed by atoms with Gasteiger partial charge in [0.1, 0.15) is 0 Å². The van der Waals surface area contributed by atoms with Gasteiger partial charge < -0.3 is 19.9 Å². The Bertz CT molecular complexity index is 1030. The third kappa shape index (κ3) is 6.75. The van der Waals surface area contributed by atoms with Crippen LogP contribution in [0, 0.1) is 11.3 Å². The van der Waals surface area contributed by atoms with Crippen molar-refractivity contribution in [1.82, 2.24) is 15.1 Å². The zero-order valence-electron chi connectivity index (χ0n) is 22.8. The van der Waals surface area contributed by atoms with Crippen LogP contribution in [0.25, 0.3) is 0 Å². The first-order valence-corrected chi connectivity index (χ1v) is 13.8. The molecule has 2 aliphatic heterocycles. The summed E-state index contributed by atoms with van der Waals surface area (Å²) in [6, 6.07) is 1.84. The predicted octanol–water partition coefficient (Wildman–Crippen LogP) is 5.25. The minimum atomic E-state index is -4.96. The highest BCUT2D eigenvalue weighted by Gasteiger charge is 2.52. The fraction of sp³-hybridized carbons (Fsp3) is 0.714. The molecule has 0 spiro atoms. The maximum Gasteiger partial charge on any atom is 0.416 e. The minimum absolute atomic E-state index is 0.0366. The standard InChI is InChI=1S/C28H37F6N3O3/c1-18(38)37-9-4-20(5-10-37)26(8-3-24(16-26)36(2)23-6-11-40-12-7-23)25(39)35-17-19-13-21(27(29,30)31)15-22(14-19)28(32,33)34/h13-15,20,23-24H,3-12,16-17H2,1-2H3,(H,35,39). The number of carbonyl (C=O) groups excluding carboxylic acids is 2.